The summed E-state index contributed by atoms with van der Waals surface area (Å²) in [4.78, 5) is 0. The molecule has 0 atom stereocenters. The van der Waals surface area contributed by atoms with Crippen LogP contribution in [-0.2, 0) is 7.05 Å². The minimum Gasteiger partial charge on any atom is -0.289 e. The van der Waals surface area contributed by atoms with Crippen molar-refractivity contribution in [3.8, 4) is 11.3 Å². The molecule has 2 aromatic heterocycles. The molecule has 0 spiro atoms. The molecule has 6 heteroatoms. The number of nitrogens with one attached hydrogen (secondary N) is 1. The van der Waals surface area contributed by atoms with E-state index in [1.165, 1.54) is 5.56 Å². The van der Waals surface area contributed by atoms with Gasteiger partial charge in [-0.05, 0) is 36.2 Å². The fourth-order valence-electron chi connectivity index (χ4n) is 2.63. The Morgan fingerprint density at radius 2 is 1.88 bits per heavy atom. The summed E-state index contributed by atoms with van der Waals surface area (Å²) in [5.74, 6) is 0.496. The van der Waals surface area contributed by atoms with Crippen LogP contribution in [0.4, 0.5) is 0 Å². The monoisotopic (exact) mass is 336 g/mol. The Morgan fingerprint density at radius 1 is 1.16 bits per heavy atom. The van der Waals surface area contributed by atoms with Crippen molar-refractivity contribution in [3.63, 3.8) is 0 Å². The van der Waals surface area contributed by atoms with Crippen molar-refractivity contribution in [2.75, 3.05) is 14.1 Å². The molecule has 0 aliphatic rings. The summed E-state index contributed by atoms with van der Waals surface area (Å²) in [6.45, 7) is 2.10. The van der Waals surface area contributed by atoms with Gasteiger partial charge in [0.15, 0.2) is 5.69 Å². The number of fused-ring (bicyclic) bond motifs is 1. The average Bonchev–Trinajstić information content (AvgIpc) is 2.91. The number of benzene rings is 1. The summed E-state index contributed by atoms with van der Waals surface area (Å²) in [6, 6.07) is 12.5. The third kappa shape index (κ3) is 3.52. The highest BCUT2D eigenvalue weighted by Crippen LogP contribution is 2.20. The Bertz CT molecular complexity index is 959. The second kappa shape index (κ2) is 6.76. The third-order valence-corrected chi connectivity index (χ3v) is 4.15. The number of guanidine groups is 1. The maximum Gasteiger partial charge on any atom is 0.366 e. The normalized spacial score (nSPS) is 11.2. The molecule has 3 aromatic rings. The summed E-state index contributed by atoms with van der Waals surface area (Å²) in [5, 5.41) is 4.14. The standard InChI is InChI=1S/C19H23N6/c1-14-5-10-18-24(4)17(13-25(18)12-14)16-8-6-15(7-9-16)11-21-22-19(20)23(2)3/h5-13H,1-4H3,(H2,20,22)/q+1/p+1/b21-11-. The lowest BCUT2D eigenvalue weighted by Gasteiger charge is -1.99. The van der Waals surface area contributed by atoms with Crippen LogP contribution >= 0.6 is 0 Å². The number of nitrogens with zero attached hydrogens (tertiary/aromatic N) is 4. The molecule has 3 N–H and O–H groups in total. The van der Waals surface area contributed by atoms with E-state index in [-0.39, 0.29) is 0 Å². The molecule has 6 nitrogen and oxygen atoms in total. The van der Waals surface area contributed by atoms with Crippen LogP contribution in [0.1, 0.15) is 11.1 Å². The van der Waals surface area contributed by atoms with Gasteiger partial charge in [0, 0.05) is 11.6 Å². The van der Waals surface area contributed by atoms with Crippen LogP contribution < -0.4 is 15.6 Å². The molecule has 25 heavy (non-hydrogen) atoms. The maximum absolute atomic E-state index is 5.76. The van der Waals surface area contributed by atoms with Gasteiger partial charge in [-0.2, -0.15) is 5.43 Å². The van der Waals surface area contributed by atoms with E-state index in [0.29, 0.717) is 5.96 Å². The molecule has 0 aliphatic carbocycles. The van der Waals surface area contributed by atoms with E-state index in [4.69, 9.17) is 5.73 Å². The van der Waals surface area contributed by atoms with Gasteiger partial charge in [0.25, 0.3) is 5.65 Å². The Morgan fingerprint density at radius 3 is 2.56 bits per heavy atom. The first kappa shape index (κ1) is 16.7. The lowest BCUT2D eigenvalue weighted by atomic mass is 10.1. The van der Waals surface area contributed by atoms with Crippen LogP contribution in [0.3, 0.4) is 0 Å². The van der Waals surface area contributed by atoms with Gasteiger partial charge in [0.2, 0.25) is 0 Å². The first-order chi connectivity index (χ1) is 12.0. The second-order valence-electron chi connectivity index (χ2n) is 6.32. The number of aromatic nitrogens is 2. The minimum absolute atomic E-state index is 0.496. The van der Waals surface area contributed by atoms with Gasteiger partial charge in [-0.1, -0.05) is 12.1 Å². The largest absolute Gasteiger partial charge is 0.366 e. The van der Waals surface area contributed by atoms with Crippen molar-refractivity contribution in [1.29, 1.82) is 0 Å². The summed E-state index contributed by atoms with van der Waals surface area (Å²) >= 11 is 0. The molecule has 0 radical (unpaired) electrons. The van der Waals surface area contributed by atoms with E-state index in [1.807, 2.05) is 26.2 Å². The first-order valence-corrected chi connectivity index (χ1v) is 8.12. The molecule has 0 saturated heterocycles. The molecular weight excluding hydrogens is 312 g/mol. The van der Waals surface area contributed by atoms with Gasteiger partial charge in [-0.15, -0.1) is 5.10 Å². The summed E-state index contributed by atoms with van der Waals surface area (Å²) < 4.78 is 6.11. The van der Waals surface area contributed by atoms with E-state index in [9.17, 15) is 0 Å². The molecule has 128 valence electrons. The minimum atomic E-state index is 0.496. The van der Waals surface area contributed by atoms with Crippen molar-refractivity contribution in [3.05, 3.63) is 59.9 Å². The predicted octanol–water partition coefficient (Wildman–Crippen LogP) is 1.25. The van der Waals surface area contributed by atoms with Crippen molar-refractivity contribution < 1.29 is 8.98 Å². The van der Waals surface area contributed by atoms with Crippen LogP contribution in [-0.4, -0.2) is 35.4 Å². The maximum atomic E-state index is 5.76. The summed E-state index contributed by atoms with van der Waals surface area (Å²) in [6.07, 6.45) is 6.04. The number of pyridine rings is 1. The Hall–Kier alpha value is -3.15. The number of hydrogen-bond donors (Lipinski definition) is 2. The number of imidazole rings is 1. The molecule has 1 aromatic carbocycles. The van der Waals surface area contributed by atoms with Gasteiger partial charge < -0.3 is 0 Å². The molecule has 0 fully saturated rings. The molecule has 3 rings (SSSR count). The number of hydrogen-bond acceptors (Lipinski definition) is 1. The summed E-state index contributed by atoms with van der Waals surface area (Å²) in [5.41, 5.74) is 14.3. The Kier molecular flexibility index (Phi) is 4.52. The van der Waals surface area contributed by atoms with Gasteiger partial charge in [-0.3, -0.25) is 10.3 Å². The first-order valence-electron chi connectivity index (χ1n) is 8.12. The van der Waals surface area contributed by atoms with Gasteiger partial charge in [0.1, 0.15) is 6.20 Å². The van der Waals surface area contributed by atoms with Gasteiger partial charge in [-0.25, -0.2) is 8.97 Å². The van der Waals surface area contributed by atoms with Crippen LogP contribution in [0.25, 0.3) is 16.9 Å². The smallest absolute Gasteiger partial charge is 0.289 e. The van der Waals surface area contributed by atoms with Crippen molar-refractivity contribution in [2.45, 2.75) is 6.92 Å². The number of hydrazone groups is 1. The average molecular weight is 336 g/mol. The Balaban J connectivity index is 1.84. The van der Waals surface area contributed by atoms with Crippen molar-refractivity contribution in [1.82, 2.24) is 9.99 Å². The van der Waals surface area contributed by atoms with Gasteiger partial charge >= 0.3 is 5.96 Å². The fraction of sp³-hybridized carbons (Fsp3) is 0.211. The lowest BCUT2D eigenvalue weighted by Crippen LogP contribution is -2.34. The van der Waals surface area contributed by atoms with Crippen LogP contribution in [0.2, 0.25) is 0 Å². The highest BCUT2D eigenvalue weighted by atomic mass is 15.4. The highest BCUT2D eigenvalue weighted by molar-refractivity contribution is 5.82. The van der Waals surface area contributed by atoms with E-state index in [2.05, 4.69) is 70.1 Å². The SMILES string of the molecule is Cc1ccc2n(C)c(-c3ccc(/C=N\NC(N)=[N+](C)C)cc3)c[n+]2c1. The van der Waals surface area contributed by atoms with Crippen molar-refractivity contribution in [2.24, 2.45) is 17.9 Å². The molecule has 0 amide bonds. The zero-order valence-electron chi connectivity index (χ0n) is 15.1. The quantitative estimate of drug-likeness (QED) is 0.327. The molecule has 0 saturated carbocycles. The molecular formula is C19H24N6+2. The number of nitrogens with two attached hydrogens (primary N) is 1. The topological polar surface area (TPSA) is 62.5 Å². The lowest BCUT2D eigenvalue weighted by molar-refractivity contribution is -0.510. The van der Waals surface area contributed by atoms with E-state index >= 15 is 0 Å². The highest BCUT2D eigenvalue weighted by Gasteiger charge is 2.15. The van der Waals surface area contributed by atoms with Crippen LogP contribution in [0, 0.1) is 6.92 Å². The second-order valence-corrected chi connectivity index (χ2v) is 6.32. The van der Waals surface area contributed by atoms with Crippen LogP contribution in [0.5, 0.6) is 0 Å². The third-order valence-electron chi connectivity index (χ3n) is 4.15. The van der Waals surface area contributed by atoms with Crippen molar-refractivity contribution >= 4 is 17.8 Å². The number of aryl methyl sites for hydroxylation is 2. The molecule has 0 bridgehead atoms. The zero-order valence-corrected chi connectivity index (χ0v) is 15.1. The number of rotatable bonds is 3. The Labute approximate surface area is 147 Å². The summed E-state index contributed by atoms with van der Waals surface area (Å²) in [7, 11) is 5.80. The van der Waals surface area contributed by atoms with E-state index in [1.54, 1.807) is 10.8 Å². The predicted molar refractivity (Wildman–Crippen MR) is 101 cm³/mol. The van der Waals surface area contributed by atoms with Crippen LogP contribution in [0.15, 0.2) is 53.9 Å². The molecule has 0 aliphatic heterocycles. The molecule has 2 heterocycles. The fourth-order valence-corrected chi connectivity index (χ4v) is 2.63. The van der Waals surface area contributed by atoms with E-state index in [0.717, 1.165) is 22.5 Å². The zero-order chi connectivity index (χ0) is 18.0. The van der Waals surface area contributed by atoms with E-state index < -0.39 is 0 Å². The molecule has 0 unspecified atom stereocenters. The van der Waals surface area contributed by atoms with Gasteiger partial charge in [0.05, 0.1) is 33.6 Å².